The molecule has 1 aromatic carbocycles. The lowest BCUT2D eigenvalue weighted by atomic mass is 9.67. The third-order valence-electron chi connectivity index (χ3n) is 6.72. The zero-order valence-electron chi connectivity index (χ0n) is 14.7. The molecule has 26 heavy (non-hydrogen) atoms. The van der Waals surface area contributed by atoms with Crippen LogP contribution < -0.4 is 5.32 Å². The molecule has 2 fully saturated rings. The molecule has 0 saturated carbocycles. The van der Waals surface area contributed by atoms with Gasteiger partial charge in [-0.2, -0.15) is 0 Å². The molecule has 0 aromatic heterocycles. The van der Waals surface area contributed by atoms with E-state index < -0.39 is 5.41 Å². The minimum absolute atomic E-state index is 0.0768. The fourth-order valence-electron chi connectivity index (χ4n) is 5.52. The van der Waals surface area contributed by atoms with Crippen LogP contribution in [0.25, 0.3) is 0 Å². The molecule has 0 radical (unpaired) electrons. The van der Waals surface area contributed by atoms with Gasteiger partial charge in [-0.05, 0) is 31.0 Å². The first-order valence-corrected chi connectivity index (χ1v) is 9.20. The van der Waals surface area contributed by atoms with Crippen LogP contribution in [0, 0.1) is 11.8 Å². The van der Waals surface area contributed by atoms with Crippen LogP contribution in [0.1, 0.15) is 18.4 Å². The summed E-state index contributed by atoms with van der Waals surface area (Å²) in [5, 5.41) is 3.08. The van der Waals surface area contributed by atoms with Crippen LogP contribution >= 0.6 is 0 Å². The smallest absolute Gasteiger partial charge is 0.337 e. The SMILES string of the molecule is COC(=O)C1=COC[C@@H]2CN3CC[C@@]4(C(=O)Nc5ccccc54)[C@@H]3C[C@H]12. The van der Waals surface area contributed by atoms with Gasteiger partial charge in [0.2, 0.25) is 5.91 Å². The molecular formula is C20H22N2O4. The molecule has 1 aromatic rings. The number of nitrogens with one attached hydrogen (secondary N) is 1. The highest BCUT2D eigenvalue weighted by Crippen LogP contribution is 2.53. The molecule has 4 aliphatic rings. The Morgan fingerprint density at radius 3 is 3.08 bits per heavy atom. The average molecular weight is 354 g/mol. The van der Waals surface area contributed by atoms with E-state index in [0.29, 0.717) is 12.2 Å². The van der Waals surface area contributed by atoms with Crippen molar-refractivity contribution in [3.8, 4) is 0 Å². The first kappa shape index (κ1) is 15.9. The molecule has 4 aliphatic heterocycles. The molecule has 1 amide bonds. The maximum atomic E-state index is 13.1. The number of hydrogen-bond acceptors (Lipinski definition) is 5. The normalized spacial score (nSPS) is 35.0. The van der Waals surface area contributed by atoms with Crippen LogP contribution in [-0.2, 0) is 24.5 Å². The molecule has 1 spiro atoms. The Kier molecular flexibility index (Phi) is 3.41. The van der Waals surface area contributed by atoms with Gasteiger partial charge >= 0.3 is 5.97 Å². The van der Waals surface area contributed by atoms with Crippen LogP contribution in [-0.4, -0.2) is 49.6 Å². The minimum atomic E-state index is -0.513. The highest BCUT2D eigenvalue weighted by molar-refractivity contribution is 6.07. The van der Waals surface area contributed by atoms with Gasteiger partial charge in [0.25, 0.3) is 0 Å². The predicted octanol–water partition coefficient (Wildman–Crippen LogP) is 1.67. The monoisotopic (exact) mass is 354 g/mol. The van der Waals surface area contributed by atoms with Crippen molar-refractivity contribution in [2.45, 2.75) is 24.3 Å². The summed E-state index contributed by atoms with van der Waals surface area (Å²) < 4.78 is 10.5. The van der Waals surface area contributed by atoms with Gasteiger partial charge < -0.3 is 14.8 Å². The number of esters is 1. The van der Waals surface area contributed by atoms with Crippen molar-refractivity contribution in [3.63, 3.8) is 0 Å². The molecule has 0 unspecified atom stereocenters. The number of methoxy groups -OCH3 is 1. The lowest BCUT2D eigenvalue weighted by molar-refractivity contribution is -0.138. The van der Waals surface area contributed by atoms with Gasteiger partial charge in [0.15, 0.2) is 0 Å². The number of hydrogen-bond donors (Lipinski definition) is 1. The molecule has 0 bridgehead atoms. The molecule has 1 N–H and O–H groups in total. The van der Waals surface area contributed by atoms with E-state index in [0.717, 1.165) is 37.2 Å². The first-order valence-electron chi connectivity index (χ1n) is 9.20. The van der Waals surface area contributed by atoms with Crippen LogP contribution in [0.15, 0.2) is 36.1 Å². The van der Waals surface area contributed by atoms with E-state index in [1.165, 1.54) is 7.11 Å². The topological polar surface area (TPSA) is 67.9 Å². The molecule has 5 rings (SSSR count). The van der Waals surface area contributed by atoms with Gasteiger partial charge in [-0.1, -0.05) is 18.2 Å². The summed E-state index contributed by atoms with van der Waals surface area (Å²) >= 11 is 0. The van der Waals surface area contributed by atoms with Crippen molar-refractivity contribution in [2.75, 3.05) is 32.1 Å². The predicted molar refractivity (Wildman–Crippen MR) is 94.4 cm³/mol. The van der Waals surface area contributed by atoms with E-state index in [9.17, 15) is 9.59 Å². The van der Waals surface area contributed by atoms with Crippen molar-refractivity contribution >= 4 is 17.6 Å². The Balaban J connectivity index is 1.54. The molecule has 4 heterocycles. The second kappa shape index (κ2) is 5.58. The molecule has 6 heteroatoms. The third kappa shape index (κ3) is 1.96. The highest BCUT2D eigenvalue weighted by atomic mass is 16.5. The number of rotatable bonds is 1. The molecule has 136 valence electrons. The van der Waals surface area contributed by atoms with Crippen LogP contribution in [0.3, 0.4) is 0 Å². The molecule has 4 atom stereocenters. The van der Waals surface area contributed by atoms with Gasteiger partial charge in [-0.25, -0.2) is 4.79 Å². The van der Waals surface area contributed by atoms with Crippen LogP contribution in [0.2, 0.25) is 0 Å². The van der Waals surface area contributed by atoms with Gasteiger partial charge in [0.1, 0.15) is 0 Å². The van der Waals surface area contributed by atoms with E-state index in [1.54, 1.807) is 6.26 Å². The molecule has 0 aliphatic carbocycles. The largest absolute Gasteiger partial charge is 0.500 e. The number of anilines is 1. The number of piperidine rings is 1. The zero-order chi connectivity index (χ0) is 17.9. The summed E-state index contributed by atoms with van der Waals surface area (Å²) in [6, 6.07) is 8.11. The lowest BCUT2D eigenvalue weighted by Crippen LogP contribution is -2.55. The number of amides is 1. The Bertz CT molecular complexity index is 820. The average Bonchev–Trinajstić information content (AvgIpc) is 3.18. The summed E-state index contributed by atoms with van der Waals surface area (Å²) in [6.07, 6.45) is 3.15. The van der Waals surface area contributed by atoms with Gasteiger partial charge in [0, 0.05) is 30.1 Å². The quantitative estimate of drug-likeness (QED) is 0.777. The van der Waals surface area contributed by atoms with Crippen molar-refractivity contribution in [2.24, 2.45) is 11.8 Å². The first-order chi connectivity index (χ1) is 12.6. The van der Waals surface area contributed by atoms with E-state index in [1.807, 2.05) is 18.2 Å². The number of benzene rings is 1. The van der Waals surface area contributed by atoms with E-state index >= 15 is 0 Å². The summed E-state index contributed by atoms with van der Waals surface area (Å²) in [6.45, 7) is 2.36. The second-order valence-electron chi connectivity index (χ2n) is 7.73. The van der Waals surface area contributed by atoms with Gasteiger partial charge in [-0.3, -0.25) is 9.69 Å². The van der Waals surface area contributed by atoms with Crippen molar-refractivity contribution in [1.82, 2.24) is 4.90 Å². The molecular weight excluding hydrogens is 332 g/mol. The van der Waals surface area contributed by atoms with Crippen molar-refractivity contribution < 1.29 is 19.1 Å². The summed E-state index contributed by atoms with van der Waals surface area (Å²) in [7, 11) is 1.40. The van der Waals surface area contributed by atoms with Crippen LogP contribution in [0.5, 0.6) is 0 Å². The van der Waals surface area contributed by atoms with Crippen molar-refractivity contribution in [3.05, 3.63) is 41.7 Å². The molecule has 2 saturated heterocycles. The van der Waals surface area contributed by atoms with Gasteiger partial charge in [-0.15, -0.1) is 0 Å². The maximum Gasteiger partial charge on any atom is 0.337 e. The van der Waals surface area contributed by atoms with Crippen LogP contribution in [0.4, 0.5) is 5.69 Å². The Labute approximate surface area is 152 Å². The third-order valence-corrected chi connectivity index (χ3v) is 6.72. The summed E-state index contributed by atoms with van der Waals surface area (Å²) in [4.78, 5) is 27.7. The number of carbonyl (C=O) groups is 2. The Morgan fingerprint density at radius 2 is 2.23 bits per heavy atom. The fraction of sp³-hybridized carbons (Fsp3) is 0.500. The number of para-hydroxylation sites is 1. The minimum Gasteiger partial charge on any atom is -0.500 e. The number of nitrogens with zero attached hydrogens (tertiary/aromatic N) is 1. The fourth-order valence-corrected chi connectivity index (χ4v) is 5.52. The lowest BCUT2D eigenvalue weighted by Gasteiger charge is -2.46. The maximum absolute atomic E-state index is 13.1. The van der Waals surface area contributed by atoms with E-state index in [-0.39, 0.29) is 29.8 Å². The summed E-state index contributed by atoms with van der Waals surface area (Å²) in [5.74, 6) is 0.116. The van der Waals surface area contributed by atoms with Crippen molar-refractivity contribution in [1.29, 1.82) is 0 Å². The van der Waals surface area contributed by atoms with Gasteiger partial charge in [0.05, 0.1) is 31.0 Å². The zero-order valence-corrected chi connectivity index (χ0v) is 14.7. The van der Waals surface area contributed by atoms with E-state index in [4.69, 9.17) is 9.47 Å². The standard InChI is InChI=1S/C20H22N2O4/c1-25-18(23)14-11-26-10-12-9-22-7-6-20(17(22)8-13(12)14)15-4-2-3-5-16(15)21-19(20)24/h2-5,11-13,17H,6-10H2,1H3,(H,21,24)/t12-,13-,17-,20-/m0/s1. The number of fused-ring (bicyclic) bond motifs is 5. The molecule has 6 nitrogen and oxygen atoms in total. The number of carbonyl (C=O) groups excluding carboxylic acids is 2. The van der Waals surface area contributed by atoms with E-state index in [2.05, 4.69) is 16.3 Å². The Hall–Kier alpha value is -2.34. The Morgan fingerprint density at radius 1 is 1.38 bits per heavy atom. The second-order valence-corrected chi connectivity index (χ2v) is 7.73. The highest BCUT2D eigenvalue weighted by Gasteiger charge is 2.60. The number of ether oxygens (including phenoxy) is 2. The summed E-state index contributed by atoms with van der Waals surface area (Å²) in [5.41, 5.74) is 2.13.